The first-order valence-electron chi connectivity index (χ1n) is 8.79. The molecule has 4 N–H and O–H groups in total. The first-order valence-corrected chi connectivity index (χ1v) is 8.79. The van der Waals surface area contributed by atoms with Crippen LogP contribution in [0.25, 0.3) is 0 Å². The van der Waals surface area contributed by atoms with E-state index in [0.29, 0.717) is 12.8 Å². The van der Waals surface area contributed by atoms with E-state index in [2.05, 4.69) is 20.6 Å². The van der Waals surface area contributed by atoms with Gasteiger partial charge in [-0.05, 0) is 30.5 Å². The summed E-state index contributed by atoms with van der Waals surface area (Å²) in [5, 5.41) is 5.38. The van der Waals surface area contributed by atoms with Gasteiger partial charge in [-0.3, -0.25) is 9.59 Å². The second kappa shape index (κ2) is 10.7. The van der Waals surface area contributed by atoms with E-state index in [1.165, 1.54) is 24.5 Å². The van der Waals surface area contributed by atoms with Crippen molar-refractivity contribution in [1.29, 1.82) is 0 Å². The first-order chi connectivity index (χ1) is 12.9. The van der Waals surface area contributed by atoms with Gasteiger partial charge in [0.2, 0.25) is 0 Å². The zero-order valence-electron chi connectivity index (χ0n) is 15.9. The summed E-state index contributed by atoms with van der Waals surface area (Å²) >= 11 is 0. The fraction of sp³-hybridized carbons (Fsp3) is 0.368. The maximum atomic E-state index is 12.9. The van der Waals surface area contributed by atoms with Crippen molar-refractivity contribution < 1.29 is 14.0 Å². The molecule has 0 unspecified atom stereocenters. The number of carbonyl (C=O) groups excluding carboxylic acids is 2. The van der Waals surface area contributed by atoms with Crippen LogP contribution in [0.3, 0.4) is 0 Å². The van der Waals surface area contributed by atoms with Gasteiger partial charge in [-0.25, -0.2) is 14.4 Å². The fourth-order valence-corrected chi connectivity index (χ4v) is 2.38. The molecule has 2 rings (SSSR count). The van der Waals surface area contributed by atoms with Crippen LogP contribution < -0.4 is 16.4 Å². The summed E-state index contributed by atoms with van der Waals surface area (Å²) in [5.74, 6) is -1.40. The van der Waals surface area contributed by atoms with Gasteiger partial charge in [0.25, 0.3) is 11.8 Å². The molecule has 1 heterocycles. The Morgan fingerprint density at radius 1 is 1.00 bits per heavy atom. The number of benzene rings is 1. The topological polar surface area (TPSA) is 110 Å². The van der Waals surface area contributed by atoms with Gasteiger partial charge in [0, 0.05) is 31.0 Å². The lowest BCUT2D eigenvalue weighted by molar-refractivity contribution is 0.0904. The molecule has 0 atom stereocenters. The zero-order valence-corrected chi connectivity index (χ0v) is 16.7. The quantitative estimate of drug-likeness (QED) is 0.619. The van der Waals surface area contributed by atoms with E-state index in [9.17, 15) is 14.0 Å². The van der Waals surface area contributed by atoms with Crippen LogP contribution in [0.5, 0.6) is 0 Å². The summed E-state index contributed by atoms with van der Waals surface area (Å²) in [6, 6.07) is 5.75. The number of amides is 2. The minimum Gasteiger partial charge on any atom is -0.349 e. The highest BCUT2D eigenvalue weighted by Crippen LogP contribution is 2.10. The Balaban J connectivity index is 0.00000392. The largest absolute Gasteiger partial charge is 0.349 e. The highest BCUT2D eigenvalue weighted by atomic mass is 35.5. The molecule has 7 nitrogen and oxygen atoms in total. The maximum absolute atomic E-state index is 12.9. The van der Waals surface area contributed by atoms with Crippen LogP contribution in [0.1, 0.15) is 53.2 Å². The molecule has 0 fully saturated rings. The van der Waals surface area contributed by atoms with Crippen molar-refractivity contribution in [3.8, 4) is 0 Å². The molecule has 28 heavy (non-hydrogen) atoms. The van der Waals surface area contributed by atoms with E-state index in [0.717, 1.165) is 5.56 Å². The van der Waals surface area contributed by atoms with Gasteiger partial charge in [0.05, 0.1) is 0 Å². The molecule has 0 saturated heterocycles. The van der Waals surface area contributed by atoms with Gasteiger partial charge in [-0.2, -0.15) is 0 Å². The number of aromatic nitrogens is 2. The summed E-state index contributed by atoms with van der Waals surface area (Å²) < 4.78 is 12.9. The van der Waals surface area contributed by atoms with Crippen molar-refractivity contribution in [2.45, 2.75) is 38.8 Å². The van der Waals surface area contributed by atoms with E-state index in [1.54, 1.807) is 12.1 Å². The number of hydrogen-bond donors (Lipinski definition) is 3. The summed E-state index contributed by atoms with van der Waals surface area (Å²) in [5.41, 5.74) is 6.25. The molecule has 0 saturated carbocycles. The SMILES string of the molecule is CCC(N)(CC)CNC(=O)c1nccnc1C(=O)NCc1ccc(F)cc1.Cl. The van der Waals surface area contributed by atoms with Gasteiger partial charge in [0.1, 0.15) is 5.82 Å². The van der Waals surface area contributed by atoms with Crippen molar-refractivity contribution in [3.63, 3.8) is 0 Å². The molecule has 0 aliphatic heterocycles. The second-order valence-corrected chi connectivity index (χ2v) is 6.31. The van der Waals surface area contributed by atoms with E-state index >= 15 is 0 Å². The number of rotatable bonds is 8. The number of carbonyl (C=O) groups is 2. The lowest BCUT2D eigenvalue weighted by Crippen LogP contribution is -2.49. The van der Waals surface area contributed by atoms with Gasteiger partial charge < -0.3 is 16.4 Å². The minimum atomic E-state index is -0.539. The van der Waals surface area contributed by atoms with Crippen LogP contribution in [0.4, 0.5) is 4.39 Å². The average molecular weight is 410 g/mol. The third-order valence-corrected chi connectivity index (χ3v) is 4.50. The monoisotopic (exact) mass is 409 g/mol. The normalized spacial score (nSPS) is 10.7. The molecular formula is C19H25ClFN5O2. The molecule has 152 valence electrons. The summed E-state index contributed by atoms with van der Waals surface area (Å²) in [6.07, 6.45) is 4.10. The van der Waals surface area contributed by atoms with Crippen LogP contribution in [0.15, 0.2) is 36.7 Å². The third kappa shape index (κ3) is 6.24. The highest BCUT2D eigenvalue weighted by molar-refractivity contribution is 6.04. The van der Waals surface area contributed by atoms with Gasteiger partial charge in [-0.15, -0.1) is 12.4 Å². The Labute approximate surface area is 169 Å². The number of halogens is 2. The van der Waals surface area contributed by atoms with Crippen molar-refractivity contribution in [1.82, 2.24) is 20.6 Å². The van der Waals surface area contributed by atoms with Crippen molar-refractivity contribution in [3.05, 3.63) is 59.4 Å². The Bertz CT molecular complexity index is 797. The van der Waals surface area contributed by atoms with Gasteiger partial charge >= 0.3 is 0 Å². The smallest absolute Gasteiger partial charge is 0.272 e. The molecule has 0 bridgehead atoms. The molecule has 0 spiro atoms. The number of hydrogen-bond acceptors (Lipinski definition) is 5. The van der Waals surface area contributed by atoms with Crippen molar-refractivity contribution in [2.75, 3.05) is 6.54 Å². The Morgan fingerprint density at radius 3 is 2.00 bits per heavy atom. The summed E-state index contributed by atoms with van der Waals surface area (Å²) in [7, 11) is 0. The summed E-state index contributed by atoms with van der Waals surface area (Å²) in [4.78, 5) is 32.9. The fourth-order valence-electron chi connectivity index (χ4n) is 2.38. The molecule has 2 aromatic rings. The maximum Gasteiger partial charge on any atom is 0.272 e. The Morgan fingerprint density at radius 2 is 1.50 bits per heavy atom. The van der Waals surface area contributed by atoms with Gasteiger partial charge in [-0.1, -0.05) is 26.0 Å². The molecule has 1 aromatic carbocycles. The lowest BCUT2D eigenvalue weighted by Gasteiger charge is -2.26. The zero-order chi connectivity index (χ0) is 19.9. The van der Waals surface area contributed by atoms with E-state index in [-0.39, 0.29) is 42.7 Å². The standard InChI is InChI=1S/C19H24FN5O2.ClH/c1-3-19(21,4-2)12-25-18(27)16-15(22-9-10-23-16)17(26)24-11-13-5-7-14(20)8-6-13;/h5-10H,3-4,11-12,21H2,1-2H3,(H,24,26)(H,25,27);1H. The van der Waals surface area contributed by atoms with Crippen LogP contribution in [-0.4, -0.2) is 33.9 Å². The molecule has 9 heteroatoms. The molecule has 2 amide bonds. The predicted molar refractivity (Wildman–Crippen MR) is 107 cm³/mol. The first kappa shape index (κ1) is 23.5. The molecule has 0 radical (unpaired) electrons. The number of nitrogens with one attached hydrogen (secondary N) is 2. The molecular weight excluding hydrogens is 385 g/mol. The Kier molecular flexibility index (Phi) is 8.94. The van der Waals surface area contributed by atoms with Crippen LogP contribution >= 0.6 is 12.4 Å². The lowest BCUT2D eigenvalue weighted by atomic mass is 9.94. The van der Waals surface area contributed by atoms with E-state index in [4.69, 9.17) is 5.73 Å². The van der Waals surface area contributed by atoms with E-state index < -0.39 is 17.4 Å². The third-order valence-electron chi connectivity index (χ3n) is 4.50. The number of nitrogens with zero attached hydrogens (tertiary/aromatic N) is 2. The molecule has 0 aliphatic carbocycles. The second-order valence-electron chi connectivity index (χ2n) is 6.31. The number of nitrogens with two attached hydrogens (primary N) is 1. The Hall–Kier alpha value is -2.58. The van der Waals surface area contributed by atoms with Crippen molar-refractivity contribution in [2.24, 2.45) is 5.73 Å². The van der Waals surface area contributed by atoms with Crippen molar-refractivity contribution >= 4 is 24.2 Å². The predicted octanol–water partition coefficient (Wildman–Crippen LogP) is 2.21. The molecule has 1 aromatic heterocycles. The minimum absolute atomic E-state index is 0. The highest BCUT2D eigenvalue weighted by Gasteiger charge is 2.24. The molecule has 0 aliphatic rings. The average Bonchev–Trinajstić information content (AvgIpc) is 2.71. The summed E-state index contributed by atoms with van der Waals surface area (Å²) in [6.45, 7) is 4.35. The van der Waals surface area contributed by atoms with Crippen LogP contribution in [0, 0.1) is 5.82 Å². The van der Waals surface area contributed by atoms with E-state index in [1.807, 2.05) is 13.8 Å². The van der Waals surface area contributed by atoms with Crippen LogP contribution in [-0.2, 0) is 6.54 Å². The van der Waals surface area contributed by atoms with Crippen LogP contribution in [0.2, 0.25) is 0 Å². The van der Waals surface area contributed by atoms with Gasteiger partial charge in [0.15, 0.2) is 11.4 Å².